The second-order valence-electron chi connectivity index (χ2n) is 7.37. The van der Waals surface area contributed by atoms with E-state index in [2.05, 4.69) is 53.6 Å². The first-order chi connectivity index (χ1) is 12.6. The van der Waals surface area contributed by atoms with Crippen molar-refractivity contribution in [3.8, 4) is 0 Å². The number of nitrogens with zero attached hydrogens (tertiary/aromatic N) is 3. The fourth-order valence-corrected chi connectivity index (χ4v) is 4.06. The number of rotatable bonds is 3. The standard InChI is InChI=1S/C22H26N4/c1-15-8-6-7-11-18(15)14-16(2)19-20-21(23)24-12-13-26(20)22(25-19)17-9-4-3-5-10-17/h6-8,11-14,17H,3-5,9-10H2,1-2H3,(H2,23,24)/b16-14+. The molecule has 26 heavy (non-hydrogen) atoms. The van der Waals surface area contributed by atoms with Crippen LogP contribution in [0.5, 0.6) is 0 Å². The number of nitrogens with two attached hydrogens (primary N) is 1. The number of nitrogen functional groups attached to an aromatic ring is 1. The molecule has 2 heterocycles. The highest BCUT2D eigenvalue weighted by Crippen LogP contribution is 2.35. The summed E-state index contributed by atoms with van der Waals surface area (Å²) < 4.78 is 2.17. The van der Waals surface area contributed by atoms with Crippen LogP contribution in [0, 0.1) is 6.92 Å². The third kappa shape index (κ3) is 3.00. The Bertz CT molecular complexity index is 961. The van der Waals surface area contributed by atoms with Crippen LogP contribution in [-0.2, 0) is 0 Å². The largest absolute Gasteiger partial charge is 0.382 e. The first kappa shape index (κ1) is 16.8. The Morgan fingerprint density at radius 2 is 1.96 bits per heavy atom. The maximum Gasteiger partial charge on any atom is 0.150 e. The molecule has 0 bridgehead atoms. The third-order valence-electron chi connectivity index (χ3n) is 5.51. The van der Waals surface area contributed by atoms with E-state index in [0.717, 1.165) is 22.6 Å². The predicted molar refractivity (Wildman–Crippen MR) is 108 cm³/mol. The molecule has 1 fully saturated rings. The molecule has 1 aromatic carbocycles. The van der Waals surface area contributed by atoms with Gasteiger partial charge in [0.05, 0.1) is 5.69 Å². The molecule has 0 spiro atoms. The van der Waals surface area contributed by atoms with Crippen molar-refractivity contribution in [1.82, 2.24) is 14.4 Å². The Morgan fingerprint density at radius 3 is 2.73 bits per heavy atom. The molecule has 0 amide bonds. The molecule has 0 unspecified atom stereocenters. The van der Waals surface area contributed by atoms with Gasteiger partial charge in [0.2, 0.25) is 0 Å². The van der Waals surface area contributed by atoms with Crippen LogP contribution in [0.15, 0.2) is 36.7 Å². The maximum atomic E-state index is 6.26. The lowest BCUT2D eigenvalue weighted by Gasteiger charge is -2.20. The first-order valence-corrected chi connectivity index (χ1v) is 9.52. The summed E-state index contributed by atoms with van der Waals surface area (Å²) in [6.45, 7) is 4.25. The number of hydrogen-bond donors (Lipinski definition) is 1. The van der Waals surface area contributed by atoms with Gasteiger partial charge in [-0.1, -0.05) is 43.5 Å². The van der Waals surface area contributed by atoms with Crippen LogP contribution >= 0.6 is 0 Å². The van der Waals surface area contributed by atoms with Crippen LogP contribution in [0.1, 0.15) is 67.6 Å². The molecule has 134 valence electrons. The normalized spacial score (nSPS) is 16.3. The monoisotopic (exact) mass is 346 g/mol. The van der Waals surface area contributed by atoms with Crippen LogP contribution in [-0.4, -0.2) is 14.4 Å². The molecule has 0 saturated heterocycles. The Labute approximate surface area is 154 Å². The van der Waals surface area contributed by atoms with Gasteiger partial charge in [0.25, 0.3) is 0 Å². The van der Waals surface area contributed by atoms with Crippen molar-refractivity contribution in [2.45, 2.75) is 51.9 Å². The number of hydrogen-bond acceptors (Lipinski definition) is 3. The van der Waals surface area contributed by atoms with Gasteiger partial charge in [0, 0.05) is 18.3 Å². The molecule has 1 aliphatic carbocycles. The van der Waals surface area contributed by atoms with E-state index in [1.165, 1.54) is 43.2 Å². The molecule has 0 radical (unpaired) electrons. The third-order valence-corrected chi connectivity index (χ3v) is 5.51. The molecular formula is C22H26N4. The summed E-state index contributed by atoms with van der Waals surface area (Å²) in [4.78, 5) is 9.40. The average Bonchev–Trinajstić information content (AvgIpc) is 3.05. The quantitative estimate of drug-likeness (QED) is 0.706. The van der Waals surface area contributed by atoms with Crippen LogP contribution in [0.25, 0.3) is 17.2 Å². The second kappa shape index (κ2) is 6.94. The van der Waals surface area contributed by atoms with Crippen molar-refractivity contribution >= 4 is 23.0 Å². The zero-order valence-electron chi connectivity index (χ0n) is 15.6. The van der Waals surface area contributed by atoms with E-state index in [9.17, 15) is 0 Å². The molecule has 2 N–H and O–H groups in total. The average molecular weight is 346 g/mol. The van der Waals surface area contributed by atoms with Gasteiger partial charge in [-0.25, -0.2) is 9.97 Å². The van der Waals surface area contributed by atoms with Crippen molar-refractivity contribution < 1.29 is 0 Å². The van der Waals surface area contributed by atoms with Crippen LogP contribution in [0.4, 0.5) is 5.82 Å². The number of allylic oxidation sites excluding steroid dienone is 1. The van der Waals surface area contributed by atoms with Gasteiger partial charge in [-0.2, -0.15) is 0 Å². The molecule has 1 saturated carbocycles. The molecule has 1 aliphatic rings. The van der Waals surface area contributed by atoms with E-state index in [0.29, 0.717) is 11.7 Å². The van der Waals surface area contributed by atoms with Crippen molar-refractivity contribution in [3.63, 3.8) is 0 Å². The number of imidazole rings is 1. The molecule has 2 aromatic heterocycles. The van der Waals surface area contributed by atoms with Crippen molar-refractivity contribution in [3.05, 3.63) is 59.3 Å². The fourth-order valence-electron chi connectivity index (χ4n) is 4.06. The summed E-state index contributed by atoms with van der Waals surface area (Å²) in [7, 11) is 0. The van der Waals surface area contributed by atoms with E-state index in [1.54, 1.807) is 6.20 Å². The zero-order valence-corrected chi connectivity index (χ0v) is 15.6. The van der Waals surface area contributed by atoms with Crippen LogP contribution in [0.2, 0.25) is 0 Å². The fraction of sp³-hybridized carbons (Fsp3) is 0.364. The van der Waals surface area contributed by atoms with Gasteiger partial charge < -0.3 is 5.73 Å². The van der Waals surface area contributed by atoms with Crippen LogP contribution < -0.4 is 5.73 Å². The Kier molecular flexibility index (Phi) is 4.49. The SMILES string of the molecule is C/C(=C\c1ccccc1C)c1nc(C2CCCCC2)n2ccnc(N)c12. The Hall–Kier alpha value is -2.62. The van der Waals surface area contributed by atoms with E-state index in [4.69, 9.17) is 10.7 Å². The minimum absolute atomic E-state index is 0.512. The number of anilines is 1. The van der Waals surface area contributed by atoms with Crippen molar-refractivity contribution in [1.29, 1.82) is 0 Å². The molecule has 4 heteroatoms. The summed E-state index contributed by atoms with van der Waals surface area (Å²) in [6.07, 6.45) is 12.3. The van der Waals surface area contributed by atoms with Gasteiger partial charge in [0.15, 0.2) is 0 Å². The van der Waals surface area contributed by atoms with Gasteiger partial charge >= 0.3 is 0 Å². The molecule has 0 aliphatic heterocycles. The molecule has 4 rings (SSSR count). The summed E-state index contributed by atoms with van der Waals surface area (Å²) >= 11 is 0. The summed E-state index contributed by atoms with van der Waals surface area (Å²) in [5.41, 5.74) is 11.8. The summed E-state index contributed by atoms with van der Waals surface area (Å²) in [5.74, 6) is 2.20. The molecular weight excluding hydrogens is 320 g/mol. The highest BCUT2D eigenvalue weighted by atomic mass is 15.1. The van der Waals surface area contributed by atoms with E-state index in [1.807, 2.05) is 6.20 Å². The molecule has 3 aromatic rings. The van der Waals surface area contributed by atoms with Crippen molar-refractivity contribution in [2.24, 2.45) is 0 Å². The number of aromatic nitrogens is 3. The van der Waals surface area contributed by atoms with E-state index in [-0.39, 0.29) is 0 Å². The lowest BCUT2D eigenvalue weighted by molar-refractivity contribution is 0.427. The van der Waals surface area contributed by atoms with Gasteiger partial charge in [0.1, 0.15) is 17.2 Å². The lowest BCUT2D eigenvalue weighted by Crippen LogP contribution is -2.09. The van der Waals surface area contributed by atoms with Crippen molar-refractivity contribution in [2.75, 3.05) is 5.73 Å². The minimum Gasteiger partial charge on any atom is -0.382 e. The predicted octanol–water partition coefficient (Wildman–Crippen LogP) is 5.23. The summed E-state index contributed by atoms with van der Waals surface area (Å²) in [6, 6.07) is 8.41. The van der Waals surface area contributed by atoms with E-state index >= 15 is 0 Å². The number of benzene rings is 1. The smallest absolute Gasteiger partial charge is 0.150 e. The van der Waals surface area contributed by atoms with E-state index < -0.39 is 0 Å². The summed E-state index contributed by atoms with van der Waals surface area (Å²) in [5, 5.41) is 0. The van der Waals surface area contributed by atoms with Gasteiger partial charge in [-0.15, -0.1) is 0 Å². The zero-order chi connectivity index (χ0) is 18.1. The minimum atomic E-state index is 0.512. The highest BCUT2D eigenvalue weighted by molar-refractivity contribution is 5.89. The lowest BCUT2D eigenvalue weighted by atomic mass is 9.89. The van der Waals surface area contributed by atoms with Gasteiger partial charge in [-0.3, -0.25) is 4.40 Å². The Balaban J connectivity index is 1.85. The number of fused-ring (bicyclic) bond motifs is 1. The molecule has 0 atom stereocenters. The number of aryl methyl sites for hydroxylation is 1. The van der Waals surface area contributed by atoms with Crippen LogP contribution in [0.3, 0.4) is 0 Å². The van der Waals surface area contributed by atoms with Gasteiger partial charge in [-0.05, 0) is 49.5 Å². The maximum absolute atomic E-state index is 6.26. The second-order valence-corrected chi connectivity index (χ2v) is 7.37. The first-order valence-electron chi connectivity index (χ1n) is 9.52. The Morgan fingerprint density at radius 1 is 1.19 bits per heavy atom. The highest BCUT2D eigenvalue weighted by Gasteiger charge is 2.23. The topological polar surface area (TPSA) is 56.2 Å². The molecule has 4 nitrogen and oxygen atoms in total.